The fourth-order valence-corrected chi connectivity index (χ4v) is 1.26. The summed E-state index contributed by atoms with van der Waals surface area (Å²) in [7, 11) is 0. The highest BCUT2D eigenvalue weighted by Gasteiger charge is 2.08. The summed E-state index contributed by atoms with van der Waals surface area (Å²) >= 11 is 0. The van der Waals surface area contributed by atoms with Gasteiger partial charge in [0.05, 0.1) is 6.10 Å². The summed E-state index contributed by atoms with van der Waals surface area (Å²) < 4.78 is 5.54. The Morgan fingerprint density at radius 3 is 2.50 bits per heavy atom. The standard InChI is InChI=1S/C11H16N2O2.ClH/c1-7(2)15-10-4-3-8(11(13)14)5-9(10)6-12;/h3-5,7H,6,12H2,1-2H3,(H2,13,14);1H. The number of nitrogens with two attached hydrogens (primary N) is 2. The van der Waals surface area contributed by atoms with Crippen LogP contribution in [0.5, 0.6) is 5.75 Å². The van der Waals surface area contributed by atoms with Gasteiger partial charge in [0.1, 0.15) is 5.75 Å². The molecule has 90 valence electrons. The van der Waals surface area contributed by atoms with Crippen LogP contribution in [0.1, 0.15) is 29.8 Å². The minimum atomic E-state index is -0.458. The van der Waals surface area contributed by atoms with Crippen molar-refractivity contribution in [2.24, 2.45) is 11.5 Å². The molecular formula is C11H17ClN2O2. The molecule has 4 nitrogen and oxygen atoms in total. The lowest BCUT2D eigenvalue weighted by atomic mass is 10.1. The van der Waals surface area contributed by atoms with Gasteiger partial charge in [-0.2, -0.15) is 0 Å². The summed E-state index contributed by atoms with van der Waals surface area (Å²) in [6.45, 7) is 4.19. The molecule has 0 atom stereocenters. The van der Waals surface area contributed by atoms with Crippen LogP contribution < -0.4 is 16.2 Å². The van der Waals surface area contributed by atoms with Gasteiger partial charge in [0.2, 0.25) is 5.91 Å². The van der Waals surface area contributed by atoms with Gasteiger partial charge < -0.3 is 16.2 Å². The molecule has 0 aliphatic carbocycles. The Labute approximate surface area is 101 Å². The Bertz CT molecular complexity index is 367. The van der Waals surface area contributed by atoms with Gasteiger partial charge in [0, 0.05) is 17.7 Å². The van der Waals surface area contributed by atoms with E-state index in [-0.39, 0.29) is 18.5 Å². The maximum absolute atomic E-state index is 10.9. The second-order valence-electron chi connectivity index (χ2n) is 3.56. The van der Waals surface area contributed by atoms with Crippen LogP contribution in [0.2, 0.25) is 0 Å². The summed E-state index contributed by atoms with van der Waals surface area (Å²) in [5.74, 6) is 0.248. The first kappa shape index (κ1) is 14.7. The molecule has 1 aromatic carbocycles. The lowest BCUT2D eigenvalue weighted by molar-refractivity contribution is 0.1000. The molecule has 0 radical (unpaired) electrons. The first-order valence-electron chi connectivity index (χ1n) is 4.84. The SMILES string of the molecule is CC(C)Oc1ccc(C(N)=O)cc1CN.Cl. The van der Waals surface area contributed by atoms with E-state index in [0.717, 1.165) is 5.56 Å². The van der Waals surface area contributed by atoms with Crippen molar-refractivity contribution < 1.29 is 9.53 Å². The van der Waals surface area contributed by atoms with Crippen molar-refractivity contribution in [3.63, 3.8) is 0 Å². The third kappa shape index (κ3) is 3.72. The fourth-order valence-electron chi connectivity index (χ4n) is 1.26. The van der Waals surface area contributed by atoms with Crippen LogP contribution in [0.15, 0.2) is 18.2 Å². The van der Waals surface area contributed by atoms with Crippen molar-refractivity contribution in [2.45, 2.75) is 26.5 Å². The number of rotatable bonds is 4. The molecule has 0 heterocycles. The Morgan fingerprint density at radius 2 is 2.06 bits per heavy atom. The number of hydrogen-bond donors (Lipinski definition) is 2. The Hall–Kier alpha value is -1.26. The smallest absolute Gasteiger partial charge is 0.248 e. The summed E-state index contributed by atoms with van der Waals surface area (Å²) in [6.07, 6.45) is 0.0785. The highest BCUT2D eigenvalue weighted by Crippen LogP contribution is 2.20. The van der Waals surface area contributed by atoms with E-state index in [4.69, 9.17) is 16.2 Å². The second-order valence-corrected chi connectivity index (χ2v) is 3.56. The molecule has 0 saturated heterocycles. The highest BCUT2D eigenvalue weighted by atomic mass is 35.5. The van der Waals surface area contributed by atoms with E-state index < -0.39 is 5.91 Å². The van der Waals surface area contributed by atoms with Crippen molar-refractivity contribution in [1.82, 2.24) is 0 Å². The van der Waals surface area contributed by atoms with E-state index in [1.807, 2.05) is 13.8 Å². The minimum absolute atomic E-state index is 0. The van der Waals surface area contributed by atoms with Gasteiger partial charge in [0.25, 0.3) is 0 Å². The van der Waals surface area contributed by atoms with E-state index in [1.165, 1.54) is 0 Å². The number of halogens is 1. The molecule has 0 aliphatic heterocycles. The van der Waals surface area contributed by atoms with Gasteiger partial charge in [-0.15, -0.1) is 12.4 Å². The molecule has 1 amide bonds. The second kappa shape index (κ2) is 6.35. The number of hydrogen-bond acceptors (Lipinski definition) is 3. The van der Waals surface area contributed by atoms with Crippen LogP contribution in [-0.4, -0.2) is 12.0 Å². The number of amides is 1. The molecule has 0 fully saturated rings. The summed E-state index contributed by atoms with van der Waals surface area (Å²) in [5.41, 5.74) is 12.0. The summed E-state index contributed by atoms with van der Waals surface area (Å²) in [4.78, 5) is 10.9. The van der Waals surface area contributed by atoms with Gasteiger partial charge in [0.15, 0.2) is 0 Å². The van der Waals surface area contributed by atoms with Crippen LogP contribution in [0.25, 0.3) is 0 Å². The Morgan fingerprint density at radius 1 is 1.44 bits per heavy atom. The maximum atomic E-state index is 10.9. The molecule has 4 N–H and O–H groups in total. The molecule has 1 aromatic rings. The highest BCUT2D eigenvalue weighted by molar-refractivity contribution is 5.93. The first-order valence-corrected chi connectivity index (χ1v) is 4.84. The van der Waals surface area contributed by atoms with Crippen LogP contribution in [0.3, 0.4) is 0 Å². The van der Waals surface area contributed by atoms with Gasteiger partial charge in [-0.1, -0.05) is 0 Å². The molecule has 0 unspecified atom stereocenters. The van der Waals surface area contributed by atoms with Crippen LogP contribution in [-0.2, 0) is 6.54 Å². The quantitative estimate of drug-likeness (QED) is 0.842. The molecule has 16 heavy (non-hydrogen) atoms. The summed E-state index contributed by atoms with van der Waals surface area (Å²) in [5, 5.41) is 0. The largest absolute Gasteiger partial charge is 0.491 e. The van der Waals surface area contributed by atoms with Crippen molar-refractivity contribution in [2.75, 3.05) is 0 Å². The molecule has 0 spiro atoms. The molecule has 0 bridgehead atoms. The molecule has 5 heteroatoms. The van der Waals surface area contributed by atoms with Crippen LogP contribution >= 0.6 is 12.4 Å². The van der Waals surface area contributed by atoms with E-state index in [0.29, 0.717) is 17.9 Å². The fraction of sp³-hybridized carbons (Fsp3) is 0.364. The third-order valence-electron chi connectivity index (χ3n) is 1.93. The topological polar surface area (TPSA) is 78.3 Å². The third-order valence-corrected chi connectivity index (χ3v) is 1.93. The minimum Gasteiger partial charge on any atom is -0.491 e. The Balaban J connectivity index is 0.00000225. The van der Waals surface area contributed by atoms with Gasteiger partial charge in [-0.05, 0) is 32.0 Å². The van der Waals surface area contributed by atoms with Gasteiger partial charge in [-0.3, -0.25) is 4.79 Å². The average molecular weight is 245 g/mol. The van der Waals surface area contributed by atoms with Crippen LogP contribution in [0.4, 0.5) is 0 Å². The lowest BCUT2D eigenvalue weighted by Crippen LogP contribution is -2.14. The van der Waals surface area contributed by atoms with E-state index in [2.05, 4.69) is 0 Å². The monoisotopic (exact) mass is 244 g/mol. The number of benzene rings is 1. The first-order chi connectivity index (χ1) is 7.04. The molecule has 0 aromatic heterocycles. The van der Waals surface area contributed by atoms with E-state index >= 15 is 0 Å². The van der Waals surface area contributed by atoms with Crippen molar-refractivity contribution in [1.29, 1.82) is 0 Å². The molecule has 0 aliphatic rings. The maximum Gasteiger partial charge on any atom is 0.248 e. The average Bonchev–Trinajstić information content (AvgIpc) is 2.17. The van der Waals surface area contributed by atoms with E-state index in [9.17, 15) is 4.79 Å². The van der Waals surface area contributed by atoms with Gasteiger partial charge in [-0.25, -0.2) is 0 Å². The molecule has 1 rings (SSSR count). The molecule has 0 saturated carbocycles. The number of carbonyl (C=O) groups excluding carboxylic acids is 1. The van der Waals surface area contributed by atoms with Crippen LogP contribution in [0, 0.1) is 0 Å². The normalized spacial score (nSPS) is 9.75. The van der Waals surface area contributed by atoms with Crippen molar-refractivity contribution in [3.05, 3.63) is 29.3 Å². The van der Waals surface area contributed by atoms with Crippen molar-refractivity contribution in [3.8, 4) is 5.75 Å². The van der Waals surface area contributed by atoms with Gasteiger partial charge >= 0.3 is 0 Å². The van der Waals surface area contributed by atoms with Crippen molar-refractivity contribution >= 4 is 18.3 Å². The zero-order valence-electron chi connectivity index (χ0n) is 9.40. The zero-order chi connectivity index (χ0) is 11.4. The Kier molecular flexibility index (Phi) is 5.85. The predicted octanol–water partition coefficient (Wildman–Crippen LogP) is 1.45. The molecular weight excluding hydrogens is 228 g/mol. The number of carbonyl (C=O) groups is 1. The predicted molar refractivity (Wildman–Crippen MR) is 65.9 cm³/mol. The lowest BCUT2D eigenvalue weighted by Gasteiger charge is -2.13. The zero-order valence-corrected chi connectivity index (χ0v) is 10.2. The summed E-state index contributed by atoms with van der Waals surface area (Å²) in [6, 6.07) is 5.03. The number of ether oxygens (including phenoxy) is 1. The number of primary amides is 1. The van der Waals surface area contributed by atoms with E-state index in [1.54, 1.807) is 18.2 Å².